The molecule has 1 aliphatic heterocycles. The van der Waals surface area contributed by atoms with E-state index in [-0.39, 0.29) is 5.48 Å². The molecule has 0 aliphatic carbocycles. The third-order valence-corrected chi connectivity index (χ3v) is 3.60. The van der Waals surface area contributed by atoms with E-state index >= 15 is 0 Å². The van der Waals surface area contributed by atoms with Gasteiger partial charge in [-0.05, 0) is 16.7 Å². The van der Waals surface area contributed by atoms with Gasteiger partial charge >= 0.3 is 8.03 Å². The summed E-state index contributed by atoms with van der Waals surface area (Å²) in [6, 6.07) is 5.43. The van der Waals surface area contributed by atoms with Crippen molar-refractivity contribution in [3.63, 3.8) is 0 Å². The van der Waals surface area contributed by atoms with Gasteiger partial charge in [-0.15, -0.1) is 4.52 Å². The number of nitrogens with zero attached hydrogens (tertiary/aromatic N) is 1. The minimum Gasteiger partial charge on any atom is -0.494 e. The first kappa shape index (κ1) is 15.4. The molecule has 104 valence electrons. The molecule has 1 unspecified atom stereocenters. The van der Waals surface area contributed by atoms with E-state index < -0.39 is 14.8 Å². The fourth-order valence-electron chi connectivity index (χ4n) is 1.76. The lowest BCUT2D eigenvalue weighted by Crippen LogP contribution is -2.23. The number of hydrogen-bond acceptors (Lipinski definition) is 6. The van der Waals surface area contributed by atoms with Crippen LogP contribution in [0, 0.1) is 0 Å². The molecule has 0 amide bonds. The Kier molecular flexibility index (Phi) is 5.26. The Morgan fingerprint density at radius 2 is 2.21 bits per heavy atom. The van der Waals surface area contributed by atoms with Crippen molar-refractivity contribution >= 4 is 19.0 Å². The fourth-order valence-corrected chi connectivity index (χ4v) is 2.65. The molecule has 1 heterocycles. The number of para-hydroxylation sites is 1. The highest BCUT2D eigenvalue weighted by atomic mass is 31.1. The first-order chi connectivity index (χ1) is 8.67. The van der Waals surface area contributed by atoms with Crippen LogP contribution in [0.15, 0.2) is 24.4 Å². The second-order valence-electron chi connectivity index (χ2n) is 3.64. The Hall–Kier alpha value is -1.66. The van der Waals surface area contributed by atoms with Crippen LogP contribution in [0.5, 0.6) is 5.75 Å². The SMILES string of the molecule is COc1cccc2c1NN(C)C=C2[P+](=O)OCO.O. The lowest BCUT2D eigenvalue weighted by molar-refractivity contribution is 0.109. The van der Waals surface area contributed by atoms with Crippen molar-refractivity contribution in [3.8, 4) is 5.75 Å². The molecule has 1 aliphatic rings. The Morgan fingerprint density at radius 1 is 1.47 bits per heavy atom. The summed E-state index contributed by atoms with van der Waals surface area (Å²) in [5.41, 5.74) is 4.56. The number of rotatable bonds is 4. The highest BCUT2D eigenvalue weighted by Crippen LogP contribution is 2.47. The van der Waals surface area contributed by atoms with Crippen molar-refractivity contribution < 1.29 is 24.4 Å². The van der Waals surface area contributed by atoms with E-state index in [1.54, 1.807) is 31.4 Å². The topological polar surface area (TPSA) is 103 Å². The van der Waals surface area contributed by atoms with Crippen molar-refractivity contribution in [2.45, 2.75) is 0 Å². The molecule has 7 nitrogen and oxygen atoms in total. The smallest absolute Gasteiger partial charge is 0.494 e. The Bertz CT molecular complexity index is 506. The number of ether oxygens (including phenoxy) is 1. The monoisotopic (exact) mass is 287 g/mol. The molecule has 1 atom stereocenters. The number of hydrogen-bond donors (Lipinski definition) is 2. The Balaban J connectivity index is 0.00000180. The van der Waals surface area contributed by atoms with Crippen LogP contribution in [-0.4, -0.2) is 36.5 Å². The van der Waals surface area contributed by atoms with Crippen molar-refractivity contribution in [1.82, 2.24) is 5.01 Å². The third-order valence-electron chi connectivity index (χ3n) is 2.50. The molecule has 1 aromatic carbocycles. The zero-order valence-corrected chi connectivity index (χ0v) is 11.5. The molecule has 0 saturated carbocycles. The summed E-state index contributed by atoms with van der Waals surface area (Å²) in [7, 11) is 1.24. The standard InChI is InChI=1S/C11H14N2O4P.H2O/c1-13-6-10(18(15)17-7-14)8-4-3-5-9(16-2)11(8)12-13;/h3-6,12,14H,7H2,1-2H3;1H2/q+1;. The van der Waals surface area contributed by atoms with Crippen molar-refractivity contribution in [2.24, 2.45) is 0 Å². The molecule has 0 fully saturated rings. The van der Waals surface area contributed by atoms with Gasteiger partial charge in [0.2, 0.25) is 0 Å². The third kappa shape index (κ3) is 3.02. The van der Waals surface area contributed by atoms with Gasteiger partial charge in [0.05, 0.1) is 18.9 Å². The maximum absolute atomic E-state index is 11.9. The zero-order valence-electron chi connectivity index (χ0n) is 10.6. The zero-order chi connectivity index (χ0) is 13.1. The minimum absolute atomic E-state index is 0. The van der Waals surface area contributed by atoms with Crippen LogP contribution in [0.2, 0.25) is 0 Å². The molecule has 8 heteroatoms. The van der Waals surface area contributed by atoms with Crippen LogP contribution in [0.3, 0.4) is 0 Å². The van der Waals surface area contributed by atoms with E-state index in [4.69, 9.17) is 14.4 Å². The van der Waals surface area contributed by atoms with Crippen molar-refractivity contribution in [1.29, 1.82) is 0 Å². The Labute approximate surface area is 111 Å². The Morgan fingerprint density at radius 3 is 2.84 bits per heavy atom. The van der Waals surface area contributed by atoms with Gasteiger partial charge in [-0.1, -0.05) is 6.07 Å². The van der Waals surface area contributed by atoms with E-state index in [9.17, 15) is 4.57 Å². The molecule has 0 saturated heterocycles. The maximum Gasteiger partial charge on any atom is 0.553 e. The number of fused-ring (bicyclic) bond motifs is 1. The van der Waals surface area contributed by atoms with Gasteiger partial charge in [0, 0.05) is 7.05 Å². The van der Waals surface area contributed by atoms with Crippen molar-refractivity contribution in [2.75, 3.05) is 26.4 Å². The van der Waals surface area contributed by atoms with Crippen LogP contribution in [0.4, 0.5) is 5.69 Å². The lowest BCUT2D eigenvalue weighted by Gasteiger charge is -2.24. The van der Waals surface area contributed by atoms with Crippen LogP contribution in [-0.2, 0) is 9.09 Å². The van der Waals surface area contributed by atoms with Crippen molar-refractivity contribution in [3.05, 3.63) is 30.0 Å². The largest absolute Gasteiger partial charge is 0.553 e. The second-order valence-corrected chi connectivity index (χ2v) is 4.89. The number of benzene rings is 1. The molecule has 1 aromatic rings. The predicted molar refractivity (Wildman–Crippen MR) is 71.7 cm³/mol. The number of methoxy groups -OCH3 is 1. The number of anilines is 1. The highest BCUT2D eigenvalue weighted by molar-refractivity contribution is 7.51. The highest BCUT2D eigenvalue weighted by Gasteiger charge is 2.34. The van der Waals surface area contributed by atoms with E-state index in [1.807, 2.05) is 12.1 Å². The fraction of sp³-hybridized carbons (Fsp3) is 0.273. The van der Waals surface area contributed by atoms with Gasteiger partial charge in [-0.2, -0.15) is 0 Å². The lowest BCUT2D eigenvalue weighted by atomic mass is 10.1. The summed E-state index contributed by atoms with van der Waals surface area (Å²) < 4.78 is 21.9. The van der Waals surface area contributed by atoms with Gasteiger partial charge < -0.3 is 15.3 Å². The minimum atomic E-state index is -2.11. The van der Waals surface area contributed by atoms with E-state index in [1.165, 1.54) is 0 Å². The molecule has 0 radical (unpaired) electrons. The van der Waals surface area contributed by atoms with E-state index in [2.05, 4.69) is 5.43 Å². The van der Waals surface area contributed by atoms with E-state index in [0.717, 1.165) is 11.3 Å². The molecule has 0 bridgehead atoms. The second kappa shape index (κ2) is 6.49. The van der Waals surface area contributed by atoms with Crippen LogP contribution >= 0.6 is 8.03 Å². The summed E-state index contributed by atoms with van der Waals surface area (Å²) in [6.07, 6.45) is 1.66. The normalized spacial score (nSPS) is 13.7. The van der Waals surface area contributed by atoms with Crippen LogP contribution < -0.4 is 10.2 Å². The summed E-state index contributed by atoms with van der Waals surface area (Å²) >= 11 is 0. The molecule has 0 spiro atoms. The summed E-state index contributed by atoms with van der Waals surface area (Å²) in [5.74, 6) is 0.650. The van der Waals surface area contributed by atoms with Crippen LogP contribution in [0.1, 0.15) is 5.56 Å². The quantitative estimate of drug-likeness (QED) is 0.636. The van der Waals surface area contributed by atoms with Gasteiger partial charge in [0.15, 0.2) is 6.79 Å². The van der Waals surface area contributed by atoms with Gasteiger partial charge in [0.25, 0.3) is 5.31 Å². The first-order valence-corrected chi connectivity index (χ1v) is 6.45. The molecule has 0 aromatic heterocycles. The van der Waals surface area contributed by atoms with Crippen LogP contribution in [0.25, 0.3) is 5.31 Å². The summed E-state index contributed by atoms with van der Waals surface area (Å²) in [6.45, 7) is -0.580. The van der Waals surface area contributed by atoms with Gasteiger partial charge in [0.1, 0.15) is 11.4 Å². The van der Waals surface area contributed by atoms with Gasteiger partial charge in [-0.3, -0.25) is 10.4 Å². The number of nitrogens with one attached hydrogen (secondary N) is 1. The average Bonchev–Trinajstić information content (AvgIpc) is 2.37. The molecule has 2 rings (SSSR count). The number of aliphatic hydroxyl groups is 1. The average molecular weight is 287 g/mol. The van der Waals surface area contributed by atoms with E-state index in [0.29, 0.717) is 11.1 Å². The molecular formula is C11H16N2O5P+. The van der Waals surface area contributed by atoms with Gasteiger partial charge in [-0.25, -0.2) is 0 Å². The first-order valence-electron chi connectivity index (χ1n) is 5.27. The number of hydrazine groups is 1. The summed E-state index contributed by atoms with van der Waals surface area (Å²) in [5, 5.41) is 10.9. The molecule has 4 N–H and O–H groups in total. The summed E-state index contributed by atoms with van der Waals surface area (Å²) in [4.78, 5) is 0. The molecule has 19 heavy (non-hydrogen) atoms. The number of aliphatic hydroxyl groups excluding tert-OH is 1. The maximum atomic E-state index is 11.9. The predicted octanol–water partition coefficient (Wildman–Crippen LogP) is 1.15. The molecular weight excluding hydrogens is 271 g/mol.